The maximum Gasteiger partial charge on any atom is 0.241 e. The van der Waals surface area contributed by atoms with Crippen molar-refractivity contribution in [1.82, 2.24) is 10.0 Å². The van der Waals surface area contributed by atoms with Gasteiger partial charge >= 0.3 is 0 Å². The first-order valence-corrected chi connectivity index (χ1v) is 9.21. The van der Waals surface area contributed by atoms with Crippen LogP contribution < -0.4 is 15.8 Å². The maximum absolute atomic E-state index is 12.6. The van der Waals surface area contributed by atoms with Gasteiger partial charge < -0.3 is 15.8 Å². The maximum atomic E-state index is 12.6. The Morgan fingerprint density at radius 2 is 1.92 bits per heavy atom. The molecule has 0 spiro atoms. The molecule has 0 aliphatic carbocycles. The summed E-state index contributed by atoms with van der Waals surface area (Å²) in [6.07, 6.45) is 0. The van der Waals surface area contributed by atoms with Crippen molar-refractivity contribution < 1.29 is 13.2 Å². The van der Waals surface area contributed by atoms with E-state index < -0.39 is 15.6 Å². The normalized spacial score (nSPS) is 13.9. The molecule has 7 nitrogen and oxygen atoms in total. The minimum absolute atomic E-state index is 0. The summed E-state index contributed by atoms with van der Waals surface area (Å²) >= 11 is 0. The molecule has 0 saturated heterocycles. The Morgan fingerprint density at radius 3 is 2.48 bits per heavy atom. The lowest BCUT2D eigenvalue weighted by atomic mass is 10.1. The molecule has 0 amide bonds. The summed E-state index contributed by atoms with van der Waals surface area (Å²) in [6.45, 7) is 7.97. The van der Waals surface area contributed by atoms with Crippen molar-refractivity contribution in [1.29, 1.82) is 0 Å². The lowest BCUT2D eigenvalue weighted by Gasteiger charge is -2.21. The van der Waals surface area contributed by atoms with E-state index in [1.807, 2.05) is 6.92 Å². The number of methoxy groups -OCH3 is 1. The third kappa shape index (κ3) is 8.84. The van der Waals surface area contributed by atoms with Gasteiger partial charge in [-0.25, -0.2) is 18.1 Å². The summed E-state index contributed by atoms with van der Waals surface area (Å²) in [5, 5.41) is 2.99. The van der Waals surface area contributed by atoms with E-state index in [0.29, 0.717) is 12.2 Å². The van der Waals surface area contributed by atoms with Crippen molar-refractivity contribution in [2.24, 2.45) is 10.7 Å². The van der Waals surface area contributed by atoms with Gasteiger partial charge in [-0.05, 0) is 39.3 Å². The molecule has 4 N–H and O–H groups in total. The molecule has 0 saturated carbocycles. The molecule has 1 unspecified atom stereocenters. The Bertz CT molecular complexity index is 672. The third-order valence-corrected chi connectivity index (χ3v) is 4.79. The van der Waals surface area contributed by atoms with Crippen molar-refractivity contribution in [3.05, 3.63) is 29.8 Å². The molecule has 0 aromatic heterocycles. The summed E-state index contributed by atoms with van der Waals surface area (Å²) in [4.78, 5) is 4.43. The molecule has 144 valence electrons. The standard InChI is InChI=1S/C16H28N4O3S.HI/c1-12(11-23-5)19-15(17)18-10-13-8-6-7-9-14(13)24(21,22)20-16(2,3)4;/h6-9,12,20H,10-11H2,1-5H3,(H3,17,18,19);1H. The van der Waals surface area contributed by atoms with Crippen LogP contribution in [0.15, 0.2) is 34.2 Å². The summed E-state index contributed by atoms with van der Waals surface area (Å²) in [5.41, 5.74) is 5.85. The molecule has 0 heterocycles. The van der Waals surface area contributed by atoms with Crippen molar-refractivity contribution in [2.45, 2.75) is 50.7 Å². The van der Waals surface area contributed by atoms with E-state index in [-0.39, 0.29) is 47.4 Å². The van der Waals surface area contributed by atoms with Gasteiger partial charge in [0.2, 0.25) is 10.0 Å². The number of sulfonamides is 1. The highest BCUT2D eigenvalue weighted by molar-refractivity contribution is 14.0. The molecule has 0 aliphatic rings. The fourth-order valence-electron chi connectivity index (χ4n) is 2.11. The smallest absolute Gasteiger partial charge is 0.241 e. The molecule has 0 bridgehead atoms. The first kappa shape index (κ1) is 24.1. The molecular weight excluding hydrogens is 455 g/mol. The van der Waals surface area contributed by atoms with Crippen LogP contribution in [0.2, 0.25) is 0 Å². The van der Waals surface area contributed by atoms with E-state index in [9.17, 15) is 8.42 Å². The molecule has 1 aromatic carbocycles. The molecule has 25 heavy (non-hydrogen) atoms. The van der Waals surface area contributed by atoms with E-state index in [1.165, 1.54) is 0 Å². The highest BCUT2D eigenvalue weighted by atomic mass is 127. The summed E-state index contributed by atoms with van der Waals surface area (Å²) in [6, 6.07) is 6.77. The van der Waals surface area contributed by atoms with Gasteiger partial charge in [0.15, 0.2) is 5.96 Å². The fourth-order valence-corrected chi connectivity index (χ4v) is 3.77. The molecule has 9 heteroatoms. The van der Waals surface area contributed by atoms with Crippen LogP contribution in [-0.4, -0.2) is 39.7 Å². The summed E-state index contributed by atoms with van der Waals surface area (Å²) in [7, 11) is -2.02. The van der Waals surface area contributed by atoms with Crippen LogP contribution in [-0.2, 0) is 21.3 Å². The number of benzene rings is 1. The molecule has 0 aliphatic heterocycles. The van der Waals surface area contributed by atoms with Crippen molar-refractivity contribution >= 4 is 40.0 Å². The lowest BCUT2D eigenvalue weighted by Crippen LogP contribution is -2.41. The molecule has 1 atom stereocenters. The number of hydrogen-bond acceptors (Lipinski definition) is 4. The second-order valence-corrected chi connectivity index (χ2v) is 8.32. The highest BCUT2D eigenvalue weighted by Crippen LogP contribution is 2.18. The van der Waals surface area contributed by atoms with Gasteiger partial charge in [0.1, 0.15) is 0 Å². The summed E-state index contributed by atoms with van der Waals surface area (Å²) < 4.78 is 32.8. The van der Waals surface area contributed by atoms with E-state index in [1.54, 1.807) is 52.1 Å². The molecular formula is C16H29IN4O3S. The zero-order valence-corrected chi connectivity index (χ0v) is 18.5. The predicted octanol–water partition coefficient (Wildman–Crippen LogP) is 1.82. The number of nitrogens with one attached hydrogen (secondary N) is 2. The van der Waals surface area contributed by atoms with Gasteiger partial charge in [0.25, 0.3) is 0 Å². The zero-order chi connectivity index (χ0) is 18.4. The number of aliphatic imine (C=N–C) groups is 1. The number of nitrogens with two attached hydrogens (primary N) is 1. The van der Waals surface area contributed by atoms with E-state index in [4.69, 9.17) is 10.5 Å². The molecule has 1 aromatic rings. The largest absolute Gasteiger partial charge is 0.383 e. The van der Waals surface area contributed by atoms with Gasteiger partial charge in [-0.15, -0.1) is 24.0 Å². The minimum atomic E-state index is -3.63. The first-order chi connectivity index (χ1) is 11.0. The lowest BCUT2D eigenvalue weighted by molar-refractivity contribution is 0.179. The van der Waals surface area contributed by atoms with Crippen LogP contribution in [0.5, 0.6) is 0 Å². The Balaban J connectivity index is 0.00000576. The number of rotatable bonds is 7. The van der Waals surface area contributed by atoms with Crippen LogP contribution in [0, 0.1) is 0 Å². The second-order valence-electron chi connectivity index (χ2n) is 6.67. The Morgan fingerprint density at radius 1 is 1.32 bits per heavy atom. The third-order valence-electron chi connectivity index (χ3n) is 2.93. The number of guanidine groups is 1. The van der Waals surface area contributed by atoms with E-state index >= 15 is 0 Å². The Labute approximate surface area is 167 Å². The highest BCUT2D eigenvalue weighted by Gasteiger charge is 2.24. The van der Waals surface area contributed by atoms with Crippen molar-refractivity contribution in [3.63, 3.8) is 0 Å². The topological polar surface area (TPSA) is 106 Å². The molecule has 1 rings (SSSR count). The molecule has 0 fully saturated rings. The van der Waals surface area contributed by atoms with Gasteiger partial charge in [0, 0.05) is 18.7 Å². The minimum Gasteiger partial charge on any atom is -0.383 e. The average Bonchev–Trinajstić information content (AvgIpc) is 2.43. The fraction of sp³-hybridized carbons (Fsp3) is 0.562. The second kappa shape index (κ2) is 10.3. The van der Waals surface area contributed by atoms with E-state index in [0.717, 1.165) is 0 Å². The summed E-state index contributed by atoms with van der Waals surface area (Å²) in [5.74, 6) is 0.246. The quantitative estimate of drug-likeness (QED) is 0.311. The predicted molar refractivity (Wildman–Crippen MR) is 112 cm³/mol. The first-order valence-electron chi connectivity index (χ1n) is 7.72. The van der Waals surface area contributed by atoms with Crippen molar-refractivity contribution in [3.8, 4) is 0 Å². The van der Waals surface area contributed by atoms with Gasteiger partial charge in [-0.2, -0.15) is 0 Å². The van der Waals surface area contributed by atoms with Gasteiger partial charge in [0.05, 0.1) is 18.0 Å². The number of halogens is 1. The van der Waals surface area contributed by atoms with Crippen LogP contribution in [0.1, 0.15) is 33.3 Å². The van der Waals surface area contributed by atoms with Crippen LogP contribution in [0.4, 0.5) is 0 Å². The van der Waals surface area contributed by atoms with Crippen LogP contribution in [0.25, 0.3) is 0 Å². The van der Waals surface area contributed by atoms with Crippen molar-refractivity contribution in [2.75, 3.05) is 13.7 Å². The zero-order valence-electron chi connectivity index (χ0n) is 15.4. The number of nitrogens with zero attached hydrogens (tertiary/aromatic N) is 1. The van der Waals surface area contributed by atoms with E-state index in [2.05, 4.69) is 15.0 Å². The average molecular weight is 484 g/mol. The Kier molecular flexibility index (Phi) is 9.92. The number of hydrogen-bond donors (Lipinski definition) is 3. The van der Waals surface area contributed by atoms with Gasteiger partial charge in [-0.3, -0.25) is 0 Å². The van der Waals surface area contributed by atoms with Crippen LogP contribution in [0.3, 0.4) is 0 Å². The molecule has 0 radical (unpaired) electrons. The Hall–Kier alpha value is -0.910. The van der Waals surface area contributed by atoms with Gasteiger partial charge in [-0.1, -0.05) is 18.2 Å². The SMILES string of the molecule is COCC(C)NC(N)=NCc1ccccc1S(=O)(=O)NC(C)(C)C.I. The van der Waals surface area contributed by atoms with Crippen LogP contribution >= 0.6 is 24.0 Å². The monoisotopic (exact) mass is 484 g/mol. The number of ether oxygens (including phenoxy) is 1.